The summed E-state index contributed by atoms with van der Waals surface area (Å²) in [4.78, 5) is 13.4. The van der Waals surface area contributed by atoms with E-state index >= 15 is 0 Å². The topological polar surface area (TPSA) is 41.6 Å². The number of carbonyl (C=O) groups is 1. The molecule has 18 heavy (non-hydrogen) atoms. The van der Waals surface area contributed by atoms with Gasteiger partial charge in [-0.2, -0.15) is 0 Å². The van der Waals surface area contributed by atoms with Crippen molar-refractivity contribution in [1.82, 2.24) is 10.2 Å². The molecule has 0 radical (unpaired) electrons. The van der Waals surface area contributed by atoms with Gasteiger partial charge in [-0.05, 0) is 0 Å². The molecular formula is C8H10Cl6N2O2. The third kappa shape index (κ3) is 5.25. The fraction of sp³-hybridized carbons (Fsp3) is 0.875. The van der Waals surface area contributed by atoms with Crippen LogP contribution < -0.4 is 5.32 Å². The number of hydrogen-bond acceptors (Lipinski definition) is 3. The highest BCUT2D eigenvalue weighted by atomic mass is 35.6. The molecule has 0 spiro atoms. The van der Waals surface area contributed by atoms with Crippen LogP contribution in [0.2, 0.25) is 0 Å². The van der Waals surface area contributed by atoms with Crippen molar-refractivity contribution in [3.8, 4) is 0 Å². The second kappa shape index (κ2) is 6.72. The summed E-state index contributed by atoms with van der Waals surface area (Å²) in [6, 6.07) is 0. The SMILES string of the molecule is O=C(N[C@H](N1CCOCC1)C(Cl)(Cl)Cl)C(Cl)(Cl)Cl. The summed E-state index contributed by atoms with van der Waals surface area (Å²) in [6.45, 7) is 1.94. The average molecular weight is 379 g/mol. The summed E-state index contributed by atoms with van der Waals surface area (Å²) < 4.78 is 1.32. The first-order valence-corrected chi connectivity index (χ1v) is 7.15. The molecular weight excluding hydrogens is 369 g/mol. The van der Waals surface area contributed by atoms with Gasteiger partial charge in [-0.25, -0.2) is 0 Å². The largest absolute Gasteiger partial charge is 0.379 e. The smallest absolute Gasteiger partial charge is 0.273 e. The molecule has 4 nitrogen and oxygen atoms in total. The lowest BCUT2D eigenvalue weighted by atomic mass is 10.3. The summed E-state index contributed by atoms with van der Waals surface area (Å²) in [7, 11) is 0. The Balaban J connectivity index is 2.76. The second-order valence-corrected chi connectivity index (χ2v) is 8.21. The lowest BCUT2D eigenvalue weighted by molar-refractivity contribution is -0.122. The van der Waals surface area contributed by atoms with Crippen LogP contribution in [0.25, 0.3) is 0 Å². The number of carbonyl (C=O) groups excluding carboxylic acids is 1. The van der Waals surface area contributed by atoms with Crippen molar-refractivity contribution in [3.05, 3.63) is 0 Å². The van der Waals surface area contributed by atoms with Crippen molar-refractivity contribution < 1.29 is 9.53 Å². The van der Waals surface area contributed by atoms with E-state index in [1.807, 2.05) is 0 Å². The van der Waals surface area contributed by atoms with Gasteiger partial charge in [0.2, 0.25) is 3.79 Å². The van der Waals surface area contributed by atoms with Crippen LogP contribution in [-0.4, -0.2) is 50.9 Å². The minimum atomic E-state index is -2.11. The first kappa shape index (κ1) is 17.2. The normalized spacial score (nSPS) is 20.6. The molecule has 1 N–H and O–H groups in total. The van der Waals surface area contributed by atoms with E-state index in [2.05, 4.69) is 5.32 Å². The van der Waals surface area contributed by atoms with Crippen LogP contribution in [0.5, 0.6) is 0 Å². The number of halogens is 6. The van der Waals surface area contributed by atoms with Gasteiger partial charge in [0.1, 0.15) is 6.17 Å². The Labute approximate surface area is 135 Å². The lowest BCUT2D eigenvalue weighted by Crippen LogP contribution is -2.59. The van der Waals surface area contributed by atoms with E-state index in [9.17, 15) is 4.79 Å². The molecule has 1 saturated heterocycles. The Morgan fingerprint density at radius 1 is 1.11 bits per heavy atom. The van der Waals surface area contributed by atoms with E-state index in [1.54, 1.807) is 4.90 Å². The van der Waals surface area contributed by atoms with E-state index in [0.717, 1.165) is 0 Å². The summed E-state index contributed by atoms with van der Waals surface area (Å²) in [5.41, 5.74) is 0. The minimum absolute atomic E-state index is 0.473. The molecule has 1 fully saturated rings. The highest BCUT2D eigenvalue weighted by molar-refractivity contribution is 6.76. The average Bonchev–Trinajstić information content (AvgIpc) is 2.23. The molecule has 1 aliphatic heterocycles. The maximum atomic E-state index is 11.6. The van der Waals surface area contributed by atoms with E-state index in [1.165, 1.54) is 0 Å². The van der Waals surface area contributed by atoms with Crippen LogP contribution in [0.15, 0.2) is 0 Å². The van der Waals surface area contributed by atoms with Gasteiger partial charge in [0.15, 0.2) is 0 Å². The monoisotopic (exact) mass is 376 g/mol. The zero-order valence-electron chi connectivity index (χ0n) is 8.94. The first-order valence-electron chi connectivity index (χ1n) is 4.88. The second-order valence-electron chi connectivity index (χ2n) is 3.56. The molecule has 1 heterocycles. The van der Waals surface area contributed by atoms with Crippen molar-refractivity contribution >= 4 is 75.5 Å². The van der Waals surface area contributed by atoms with E-state index in [-0.39, 0.29) is 0 Å². The molecule has 0 aromatic carbocycles. The van der Waals surface area contributed by atoms with Crippen molar-refractivity contribution in [2.24, 2.45) is 0 Å². The van der Waals surface area contributed by atoms with Gasteiger partial charge in [-0.3, -0.25) is 9.69 Å². The maximum absolute atomic E-state index is 11.6. The molecule has 0 saturated carbocycles. The van der Waals surface area contributed by atoms with Crippen LogP contribution in [0.1, 0.15) is 0 Å². The summed E-state index contributed by atoms with van der Waals surface area (Å²) in [5.74, 6) is -0.852. The van der Waals surface area contributed by atoms with E-state index in [0.29, 0.717) is 26.3 Å². The van der Waals surface area contributed by atoms with Crippen molar-refractivity contribution in [2.75, 3.05) is 26.3 Å². The summed E-state index contributed by atoms with van der Waals surface area (Å²) in [5, 5.41) is 2.41. The number of nitrogens with zero attached hydrogens (tertiary/aromatic N) is 1. The number of ether oxygens (including phenoxy) is 1. The number of alkyl halides is 6. The van der Waals surface area contributed by atoms with Crippen molar-refractivity contribution in [2.45, 2.75) is 13.8 Å². The van der Waals surface area contributed by atoms with Crippen LogP contribution in [0.3, 0.4) is 0 Å². The number of hydrogen-bond donors (Lipinski definition) is 1. The Bertz CT molecular complexity index is 297. The third-order valence-electron chi connectivity index (χ3n) is 2.25. The number of amides is 1. The predicted octanol–water partition coefficient (Wildman–Crippen LogP) is 2.50. The Hall–Kier alpha value is 1.13. The Kier molecular flexibility index (Phi) is 6.42. The molecule has 0 aromatic rings. The Morgan fingerprint density at radius 3 is 2.00 bits per heavy atom. The predicted molar refractivity (Wildman–Crippen MR) is 74.9 cm³/mol. The van der Waals surface area contributed by atoms with Crippen molar-refractivity contribution in [1.29, 1.82) is 0 Å². The molecule has 1 amide bonds. The highest BCUT2D eigenvalue weighted by Gasteiger charge is 2.42. The standard InChI is InChI=1S/C8H10Cl6N2O2/c9-7(10,11)5(15-6(17)8(12,13)14)16-1-3-18-4-2-16/h5H,1-4H2,(H,15,17)/t5-/m1/s1. The fourth-order valence-corrected chi connectivity index (χ4v) is 2.16. The molecule has 0 aliphatic carbocycles. The maximum Gasteiger partial charge on any atom is 0.273 e. The molecule has 1 atom stereocenters. The zero-order valence-corrected chi connectivity index (χ0v) is 13.5. The quantitative estimate of drug-likeness (QED) is 0.751. The molecule has 0 unspecified atom stereocenters. The fourth-order valence-electron chi connectivity index (χ4n) is 1.42. The van der Waals surface area contributed by atoms with Gasteiger partial charge >= 0.3 is 0 Å². The number of morpholine rings is 1. The van der Waals surface area contributed by atoms with Gasteiger partial charge in [-0.15, -0.1) is 0 Å². The molecule has 0 bridgehead atoms. The van der Waals surface area contributed by atoms with Crippen LogP contribution in [0, 0.1) is 0 Å². The zero-order chi connectivity index (χ0) is 14.0. The van der Waals surface area contributed by atoms with Crippen LogP contribution >= 0.6 is 69.6 Å². The van der Waals surface area contributed by atoms with Gasteiger partial charge in [0.25, 0.3) is 9.70 Å². The first-order chi connectivity index (χ1) is 8.12. The van der Waals surface area contributed by atoms with E-state index in [4.69, 9.17) is 74.3 Å². The molecule has 1 rings (SSSR count). The Morgan fingerprint density at radius 2 is 1.61 bits per heavy atom. The van der Waals surface area contributed by atoms with E-state index < -0.39 is 19.7 Å². The van der Waals surface area contributed by atoms with Gasteiger partial charge in [-0.1, -0.05) is 69.6 Å². The van der Waals surface area contributed by atoms with Crippen LogP contribution in [0.4, 0.5) is 0 Å². The van der Waals surface area contributed by atoms with Gasteiger partial charge in [0.05, 0.1) is 13.2 Å². The summed E-state index contributed by atoms with van der Waals surface area (Å²) in [6.07, 6.45) is -0.894. The number of rotatable bonds is 2. The summed E-state index contributed by atoms with van der Waals surface area (Å²) >= 11 is 33.9. The van der Waals surface area contributed by atoms with Gasteiger partial charge in [0, 0.05) is 13.1 Å². The lowest BCUT2D eigenvalue weighted by Gasteiger charge is -2.38. The van der Waals surface area contributed by atoms with Gasteiger partial charge < -0.3 is 10.1 Å². The highest BCUT2D eigenvalue weighted by Crippen LogP contribution is 2.34. The minimum Gasteiger partial charge on any atom is -0.379 e. The molecule has 106 valence electrons. The molecule has 1 aliphatic rings. The van der Waals surface area contributed by atoms with Crippen LogP contribution in [-0.2, 0) is 9.53 Å². The third-order valence-corrected chi connectivity index (χ3v) is 3.38. The molecule has 10 heteroatoms. The van der Waals surface area contributed by atoms with Crippen molar-refractivity contribution in [3.63, 3.8) is 0 Å². The number of nitrogens with one attached hydrogen (secondary N) is 1. The molecule has 0 aromatic heterocycles.